The molecule has 2 heterocycles. The molecule has 0 saturated carbocycles. The summed E-state index contributed by atoms with van der Waals surface area (Å²) in [6.45, 7) is 0.908. The molecule has 1 saturated heterocycles. The van der Waals surface area contributed by atoms with E-state index in [0.29, 0.717) is 36.1 Å². The van der Waals surface area contributed by atoms with E-state index in [1.807, 2.05) is 30.3 Å². The summed E-state index contributed by atoms with van der Waals surface area (Å²) in [7, 11) is 1.55. The average Bonchev–Trinajstić information content (AvgIpc) is 3.24. The van der Waals surface area contributed by atoms with E-state index in [-0.39, 0.29) is 29.8 Å². The molecule has 2 amide bonds. The number of methoxy groups -OCH3 is 1. The largest absolute Gasteiger partial charge is 0.488 e. The molecule has 166 valence electrons. The number of benzene rings is 2. The van der Waals surface area contributed by atoms with Crippen molar-refractivity contribution in [3.8, 4) is 5.75 Å². The van der Waals surface area contributed by atoms with Gasteiger partial charge in [0.15, 0.2) is 5.69 Å². The molecule has 1 fully saturated rings. The molecule has 9 heteroatoms. The lowest BCUT2D eigenvalue weighted by Crippen LogP contribution is -2.47. The van der Waals surface area contributed by atoms with Crippen molar-refractivity contribution in [1.82, 2.24) is 20.4 Å². The number of para-hydroxylation sites is 1. The number of rotatable bonds is 7. The molecule has 0 unspecified atom stereocenters. The first-order valence-electron chi connectivity index (χ1n) is 10.3. The number of aromatic amines is 1. The zero-order valence-electron chi connectivity index (χ0n) is 17.6. The Bertz CT molecular complexity index is 1160. The van der Waals surface area contributed by atoms with E-state index < -0.39 is 11.9 Å². The Labute approximate surface area is 184 Å². The average molecular weight is 436 g/mol. The Kier molecular flexibility index (Phi) is 6.46. The molecular formula is C23H24N4O5. The van der Waals surface area contributed by atoms with Gasteiger partial charge in [-0.2, -0.15) is 5.10 Å². The highest BCUT2D eigenvalue weighted by Crippen LogP contribution is 2.26. The molecule has 2 atom stereocenters. The maximum absolute atomic E-state index is 13.5. The number of amides is 2. The van der Waals surface area contributed by atoms with Crippen molar-refractivity contribution in [2.24, 2.45) is 0 Å². The molecule has 1 aromatic heterocycles. The minimum Gasteiger partial charge on any atom is -0.488 e. The van der Waals surface area contributed by atoms with Gasteiger partial charge in [-0.15, -0.1) is 0 Å². The lowest BCUT2D eigenvalue weighted by Gasteiger charge is -2.23. The van der Waals surface area contributed by atoms with Gasteiger partial charge in [-0.1, -0.05) is 36.4 Å². The van der Waals surface area contributed by atoms with E-state index >= 15 is 0 Å². The van der Waals surface area contributed by atoms with Crippen molar-refractivity contribution in [2.75, 3.05) is 26.8 Å². The van der Waals surface area contributed by atoms with Crippen molar-refractivity contribution >= 4 is 22.6 Å². The molecule has 3 aromatic rings. The van der Waals surface area contributed by atoms with Gasteiger partial charge in [0, 0.05) is 25.5 Å². The molecule has 0 spiro atoms. The molecule has 2 N–H and O–H groups in total. The number of carbonyl (C=O) groups is 2. The Morgan fingerprint density at radius 1 is 1.12 bits per heavy atom. The van der Waals surface area contributed by atoms with Crippen LogP contribution in [0.15, 0.2) is 59.4 Å². The third-order valence-electron chi connectivity index (χ3n) is 5.38. The molecular weight excluding hydrogens is 412 g/mol. The molecule has 1 aliphatic heterocycles. The molecule has 2 aromatic carbocycles. The second-order valence-corrected chi connectivity index (χ2v) is 7.49. The van der Waals surface area contributed by atoms with E-state index in [1.165, 1.54) is 4.90 Å². The molecule has 1 aliphatic rings. The van der Waals surface area contributed by atoms with E-state index in [9.17, 15) is 14.4 Å². The maximum atomic E-state index is 13.5. The van der Waals surface area contributed by atoms with Crippen LogP contribution in [-0.2, 0) is 9.53 Å². The lowest BCUT2D eigenvalue weighted by atomic mass is 10.1. The van der Waals surface area contributed by atoms with Crippen molar-refractivity contribution < 1.29 is 19.1 Å². The van der Waals surface area contributed by atoms with E-state index in [4.69, 9.17) is 9.47 Å². The summed E-state index contributed by atoms with van der Waals surface area (Å²) in [5.74, 6) is -0.0650. The number of ether oxygens (including phenoxy) is 2. The van der Waals surface area contributed by atoms with Gasteiger partial charge < -0.3 is 19.7 Å². The number of nitrogens with zero attached hydrogens (tertiary/aromatic N) is 2. The smallest absolute Gasteiger partial charge is 0.275 e. The normalized spacial score (nSPS) is 18.0. The molecule has 9 nitrogen and oxygen atoms in total. The zero-order valence-corrected chi connectivity index (χ0v) is 17.6. The minimum atomic E-state index is -0.736. The van der Waals surface area contributed by atoms with Gasteiger partial charge in [0.05, 0.1) is 18.5 Å². The van der Waals surface area contributed by atoms with Gasteiger partial charge in [-0.25, -0.2) is 5.10 Å². The number of nitrogens with one attached hydrogen (secondary N) is 2. The quantitative estimate of drug-likeness (QED) is 0.541. The van der Waals surface area contributed by atoms with Crippen molar-refractivity contribution in [3.63, 3.8) is 0 Å². The number of aromatic nitrogens is 2. The highest BCUT2D eigenvalue weighted by molar-refractivity contribution is 6.06. The Morgan fingerprint density at radius 3 is 2.59 bits per heavy atom. The summed E-state index contributed by atoms with van der Waals surface area (Å²) in [6, 6.07) is 15.3. The highest BCUT2D eigenvalue weighted by Gasteiger charge is 2.41. The second-order valence-electron chi connectivity index (χ2n) is 7.49. The van der Waals surface area contributed by atoms with E-state index in [1.54, 1.807) is 31.4 Å². The van der Waals surface area contributed by atoms with Gasteiger partial charge in [-0.3, -0.25) is 14.4 Å². The molecule has 0 bridgehead atoms. The van der Waals surface area contributed by atoms with Gasteiger partial charge >= 0.3 is 0 Å². The van der Waals surface area contributed by atoms with Crippen molar-refractivity contribution in [1.29, 1.82) is 0 Å². The van der Waals surface area contributed by atoms with Crippen LogP contribution in [-0.4, -0.2) is 65.9 Å². The van der Waals surface area contributed by atoms with Gasteiger partial charge in [0.1, 0.15) is 17.9 Å². The topological polar surface area (TPSA) is 114 Å². The fraction of sp³-hybridized carbons (Fsp3) is 0.304. The third kappa shape index (κ3) is 4.47. The van der Waals surface area contributed by atoms with E-state index in [0.717, 1.165) is 0 Å². The van der Waals surface area contributed by atoms with Crippen LogP contribution in [0.5, 0.6) is 5.75 Å². The third-order valence-corrected chi connectivity index (χ3v) is 5.38. The number of carbonyl (C=O) groups excluding carboxylic acids is 2. The molecule has 4 rings (SSSR count). The minimum absolute atomic E-state index is 0.0928. The number of H-pyrrole nitrogens is 1. The van der Waals surface area contributed by atoms with E-state index in [2.05, 4.69) is 15.5 Å². The maximum Gasteiger partial charge on any atom is 0.275 e. The molecule has 0 radical (unpaired) electrons. The standard InChI is InChI=1S/C23H24N4O5/c1-31-12-11-24-22(29)19-13-16(32-15-7-3-2-4-8-15)14-27(19)23(30)20-17-9-5-6-10-18(17)21(28)26-25-20/h2-10,16,19H,11-14H2,1H3,(H,24,29)(H,26,28)/t16-,19-/m0/s1. The number of hydrogen-bond acceptors (Lipinski definition) is 6. The van der Waals surface area contributed by atoms with Crippen LogP contribution in [0.4, 0.5) is 0 Å². The fourth-order valence-electron chi connectivity index (χ4n) is 3.86. The summed E-state index contributed by atoms with van der Waals surface area (Å²) in [5, 5.41) is 9.99. The van der Waals surface area contributed by atoms with Crippen LogP contribution in [0.1, 0.15) is 16.9 Å². The Balaban J connectivity index is 1.62. The molecule has 32 heavy (non-hydrogen) atoms. The zero-order chi connectivity index (χ0) is 22.5. The number of fused-ring (bicyclic) bond motifs is 1. The lowest BCUT2D eigenvalue weighted by molar-refractivity contribution is -0.125. The summed E-state index contributed by atoms with van der Waals surface area (Å²) < 4.78 is 11.0. The summed E-state index contributed by atoms with van der Waals surface area (Å²) in [5.41, 5.74) is -0.284. The van der Waals surface area contributed by atoms with Crippen LogP contribution in [0, 0.1) is 0 Å². The SMILES string of the molecule is COCCNC(=O)[C@@H]1C[C@H](Oc2ccccc2)CN1C(=O)c1n[nH]c(=O)c2ccccc12. The van der Waals surface area contributed by atoms with Gasteiger partial charge in [-0.05, 0) is 18.2 Å². The van der Waals surface area contributed by atoms with Crippen molar-refractivity contribution in [3.05, 3.63) is 70.6 Å². The number of likely N-dealkylation sites (tertiary alicyclic amines) is 1. The predicted octanol–water partition coefficient (Wildman–Crippen LogP) is 1.35. The number of hydrogen-bond donors (Lipinski definition) is 2. The highest BCUT2D eigenvalue weighted by atomic mass is 16.5. The van der Waals surface area contributed by atoms with Crippen LogP contribution < -0.4 is 15.6 Å². The first kappa shape index (κ1) is 21.5. The predicted molar refractivity (Wildman–Crippen MR) is 118 cm³/mol. The van der Waals surface area contributed by atoms with Crippen LogP contribution >= 0.6 is 0 Å². The summed E-state index contributed by atoms with van der Waals surface area (Å²) >= 11 is 0. The van der Waals surface area contributed by atoms with Crippen LogP contribution in [0.3, 0.4) is 0 Å². The van der Waals surface area contributed by atoms with Crippen LogP contribution in [0.25, 0.3) is 10.8 Å². The summed E-state index contributed by atoms with van der Waals surface area (Å²) in [4.78, 5) is 40.0. The van der Waals surface area contributed by atoms with Gasteiger partial charge in [0.2, 0.25) is 5.91 Å². The van der Waals surface area contributed by atoms with Crippen LogP contribution in [0.2, 0.25) is 0 Å². The van der Waals surface area contributed by atoms with Gasteiger partial charge in [0.25, 0.3) is 11.5 Å². The Hall–Kier alpha value is -3.72. The van der Waals surface area contributed by atoms with Crippen molar-refractivity contribution in [2.45, 2.75) is 18.6 Å². The summed E-state index contributed by atoms with van der Waals surface area (Å²) in [6.07, 6.45) is -0.0330. The monoisotopic (exact) mass is 436 g/mol. The first-order valence-corrected chi connectivity index (χ1v) is 10.3. The Morgan fingerprint density at radius 2 is 1.84 bits per heavy atom. The second kappa shape index (κ2) is 9.61. The molecule has 0 aliphatic carbocycles. The fourth-order valence-corrected chi connectivity index (χ4v) is 3.86. The first-order chi connectivity index (χ1) is 15.6.